The molecule has 2 saturated heterocycles. The van der Waals surface area contributed by atoms with Gasteiger partial charge in [0.15, 0.2) is 18.2 Å². The van der Waals surface area contributed by atoms with Crippen molar-refractivity contribution in [1.82, 2.24) is 0 Å². The fourth-order valence-corrected chi connectivity index (χ4v) is 5.21. The molecule has 2 aromatic carbocycles. The molecule has 5 rings (SSSR count). The molecule has 0 amide bonds. The molecule has 0 spiro atoms. The fraction of sp³-hybridized carbons (Fsp3) is 0.433. The third kappa shape index (κ3) is 7.00. The van der Waals surface area contributed by atoms with E-state index >= 15 is 0 Å². The number of benzene rings is 2. The number of esters is 1. The molecule has 1 aromatic heterocycles. The number of ether oxygens (including phenoxy) is 5. The van der Waals surface area contributed by atoms with Crippen LogP contribution >= 0.6 is 0 Å². The first-order chi connectivity index (χ1) is 22.7. The number of carbonyl (C=O) groups is 2. The summed E-state index contributed by atoms with van der Waals surface area (Å²) in [5.41, 5.74) is -1.20. The van der Waals surface area contributed by atoms with E-state index in [4.69, 9.17) is 33.2 Å². The summed E-state index contributed by atoms with van der Waals surface area (Å²) in [6.45, 7) is 0.529. The Labute approximate surface area is 269 Å². The molecule has 3 aromatic rings. The van der Waals surface area contributed by atoms with Gasteiger partial charge in [0.2, 0.25) is 17.5 Å². The molecule has 9 N–H and O–H groups in total. The van der Waals surface area contributed by atoms with Crippen LogP contribution in [0.5, 0.6) is 23.0 Å². The van der Waals surface area contributed by atoms with Crippen LogP contribution in [0.25, 0.3) is 22.3 Å². The molecule has 0 radical (unpaired) electrons. The number of fused-ring (bicyclic) bond motifs is 1. The summed E-state index contributed by atoms with van der Waals surface area (Å²) < 4.78 is 33.6. The maximum absolute atomic E-state index is 13.9. The molecular weight excluding hydrogens is 648 g/mol. The minimum atomic E-state index is -2.03. The minimum absolute atomic E-state index is 0.120. The van der Waals surface area contributed by atoms with Crippen molar-refractivity contribution in [2.45, 2.75) is 74.8 Å². The number of aliphatic hydroxyl groups is 5. The van der Waals surface area contributed by atoms with E-state index in [-0.39, 0.29) is 22.7 Å². The van der Waals surface area contributed by atoms with Gasteiger partial charge >= 0.3 is 11.9 Å². The molecule has 2 fully saturated rings. The molecule has 4 unspecified atom stereocenters. The SMILES string of the molecule is CC1O[C@@H](OC2[C@H](Oc3c(-c4ccc(O)cc4)oc4cc(O)cc(O)c4c3=O)OC(COC(=O)CC(=O)O)[C@@H](O)[C@@H]2O)[C@@H](O)C(O)[C@H]1O. The van der Waals surface area contributed by atoms with Gasteiger partial charge in [-0.3, -0.25) is 14.4 Å². The van der Waals surface area contributed by atoms with Crippen molar-refractivity contribution in [2.75, 3.05) is 6.61 Å². The molecule has 48 heavy (non-hydrogen) atoms. The number of aromatic hydroxyl groups is 3. The van der Waals surface area contributed by atoms with Crippen LogP contribution < -0.4 is 10.2 Å². The van der Waals surface area contributed by atoms with Crippen LogP contribution in [0.1, 0.15) is 13.3 Å². The van der Waals surface area contributed by atoms with Crippen LogP contribution in [0.15, 0.2) is 45.6 Å². The van der Waals surface area contributed by atoms with Crippen LogP contribution in [-0.2, 0) is 28.5 Å². The Hall–Kier alpha value is -4.53. The lowest BCUT2D eigenvalue weighted by Gasteiger charge is -2.45. The number of hydrogen-bond acceptors (Lipinski definition) is 17. The van der Waals surface area contributed by atoms with E-state index in [9.17, 15) is 55.2 Å². The number of carbonyl (C=O) groups excluding carboxylic acids is 1. The first-order valence-corrected chi connectivity index (χ1v) is 14.4. The number of carboxylic acid groups (broad SMARTS) is 1. The Kier molecular flexibility index (Phi) is 10.1. The van der Waals surface area contributed by atoms with E-state index in [1.54, 1.807) is 0 Å². The molecule has 260 valence electrons. The second kappa shape index (κ2) is 13.9. The predicted octanol–water partition coefficient (Wildman–Crippen LogP) is -1.37. The topological polar surface area (TPSA) is 293 Å². The van der Waals surface area contributed by atoms with E-state index < -0.39 is 114 Å². The number of aliphatic hydroxyl groups excluding tert-OH is 5. The molecule has 2 aliphatic rings. The quantitative estimate of drug-likeness (QED) is 0.0930. The number of hydrogen-bond donors (Lipinski definition) is 9. The second-order valence-corrected chi connectivity index (χ2v) is 11.2. The highest BCUT2D eigenvalue weighted by Gasteiger charge is 2.51. The third-order valence-corrected chi connectivity index (χ3v) is 7.73. The lowest BCUT2D eigenvalue weighted by molar-refractivity contribution is -0.354. The Morgan fingerprint density at radius 1 is 0.833 bits per heavy atom. The highest BCUT2D eigenvalue weighted by Crippen LogP contribution is 2.38. The van der Waals surface area contributed by atoms with E-state index in [0.29, 0.717) is 0 Å². The molecule has 18 heteroatoms. The fourth-order valence-electron chi connectivity index (χ4n) is 5.21. The van der Waals surface area contributed by atoms with Gasteiger partial charge in [-0.15, -0.1) is 0 Å². The maximum atomic E-state index is 13.9. The van der Waals surface area contributed by atoms with E-state index in [0.717, 1.165) is 12.1 Å². The van der Waals surface area contributed by atoms with Crippen LogP contribution in [0.2, 0.25) is 0 Å². The minimum Gasteiger partial charge on any atom is -0.508 e. The maximum Gasteiger partial charge on any atom is 0.317 e. The van der Waals surface area contributed by atoms with E-state index in [1.165, 1.54) is 31.2 Å². The van der Waals surface area contributed by atoms with Gasteiger partial charge in [0.1, 0.15) is 77.9 Å². The summed E-state index contributed by atoms with van der Waals surface area (Å²) in [5, 5.41) is 91.7. The number of phenolic OH excluding ortho intramolecular Hbond substituents is 3. The summed E-state index contributed by atoms with van der Waals surface area (Å²) in [5.74, 6) is -5.08. The number of phenols is 3. The Bertz CT molecular complexity index is 1700. The van der Waals surface area contributed by atoms with Crippen molar-refractivity contribution >= 4 is 22.9 Å². The van der Waals surface area contributed by atoms with Gasteiger partial charge in [0, 0.05) is 17.7 Å². The number of aliphatic carboxylic acids is 1. The number of rotatable bonds is 9. The van der Waals surface area contributed by atoms with Gasteiger partial charge in [-0.25, -0.2) is 0 Å². The zero-order valence-electron chi connectivity index (χ0n) is 24.9. The smallest absolute Gasteiger partial charge is 0.317 e. The highest BCUT2D eigenvalue weighted by atomic mass is 16.8. The summed E-state index contributed by atoms with van der Waals surface area (Å²) >= 11 is 0. The molecule has 0 saturated carbocycles. The molecule has 3 heterocycles. The van der Waals surface area contributed by atoms with Crippen molar-refractivity contribution in [3.63, 3.8) is 0 Å². The zero-order valence-corrected chi connectivity index (χ0v) is 24.9. The predicted molar refractivity (Wildman–Crippen MR) is 155 cm³/mol. The Balaban J connectivity index is 1.58. The highest BCUT2D eigenvalue weighted by molar-refractivity contribution is 5.90. The van der Waals surface area contributed by atoms with Crippen molar-refractivity contribution in [3.8, 4) is 34.3 Å². The summed E-state index contributed by atoms with van der Waals surface area (Å²) in [7, 11) is 0. The van der Waals surface area contributed by atoms with Gasteiger partial charge < -0.3 is 74.1 Å². The molecule has 2 aliphatic heterocycles. The zero-order chi connectivity index (χ0) is 35.0. The summed E-state index contributed by atoms with van der Waals surface area (Å²) in [6.07, 6.45) is -18.6. The Morgan fingerprint density at radius 3 is 2.19 bits per heavy atom. The standard InChI is InChI=1S/C30H32O18/c1-10-20(37)23(40)25(42)29(44-10)48-28-24(41)21(38)16(9-43-18(36)8-17(34)35)46-30(28)47-27-22(39)19-14(33)6-13(32)7-15(19)45-26(27)11-2-4-12(31)5-3-11/h2-7,10,16,20-21,23-25,28-33,37-38,40-42H,8-9H2,1H3,(H,34,35)/t10?,16?,20-,21+,23?,24-,25-,28?,29-,30-/m0/s1. The molecular formula is C30H32O18. The van der Waals surface area contributed by atoms with E-state index in [1.807, 2.05) is 0 Å². The van der Waals surface area contributed by atoms with Crippen LogP contribution in [-0.4, -0.2) is 126 Å². The van der Waals surface area contributed by atoms with E-state index in [2.05, 4.69) is 0 Å². The normalized spacial score (nSPS) is 30.5. The monoisotopic (exact) mass is 680 g/mol. The molecule has 0 aliphatic carbocycles. The summed E-state index contributed by atoms with van der Waals surface area (Å²) in [4.78, 5) is 36.7. The third-order valence-electron chi connectivity index (χ3n) is 7.73. The van der Waals surface area contributed by atoms with Crippen LogP contribution in [0.4, 0.5) is 0 Å². The van der Waals surface area contributed by atoms with Gasteiger partial charge in [0.05, 0.1) is 6.10 Å². The summed E-state index contributed by atoms with van der Waals surface area (Å²) in [6, 6.07) is 7.05. The Morgan fingerprint density at radius 2 is 1.52 bits per heavy atom. The van der Waals surface area contributed by atoms with Crippen LogP contribution in [0, 0.1) is 0 Å². The van der Waals surface area contributed by atoms with Crippen molar-refractivity contribution in [1.29, 1.82) is 0 Å². The average Bonchev–Trinajstić information content (AvgIpc) is 3.02. The first-order valence-electron chi connectivity index (χ1n) is 14.4. The lowest BCUT2D eigenvalue weighted by atomic mass is 9.97. The molecule has 10 atom stereocenters. The van der Waals surface area contributed by atoms with Gasteiger partial charge in [-0.05, 0) is 31.2 Å². The largest absolute Gasteiger partial charge is 0.508 e. The lowest BCUT2D eigenvalue weighted by Crippen LogP contribution is -2.64. The van der Waals surface area contributed by atoms with Crippen molar-refractivity contribution < 1.29 is 83.6 Å². The number of carboxylic acids is 1. The average molecular weight is 681 g/mol. The molecule has 0 bridgehead atoms. The first kappa shape index (κ1) is 34.8. The van der Waals surface area contributed by atoms with Crippen molar-refractivity contribution in [3.05, 3.63) is 46.6 Å². The second-order valence-electron chi connectivity index (χ2n) is 11.2. The van der Waals surface area contributed by atoms with Gasteiger partial charge in [-0.1, -0.05) is 0 Å². The van der Waals surface area contributed by atoms with Gasteiger partial charge in [0.25, 0.3) is 0 Å². The van der Waals surface area contributed by atoms with Crippen LogP contribution in [0.3, 0.4) is 0 Å². The molecule has 18 nitrogen and oxygen atoms in total. The van der Waals surface area contributed by atoms with Crippen molar-refractivity contribution in [2.24, 2.45) is 0 Å². The van der Waals surface area contributed by atoms with Gasteiger partial charge in [-0.2, -0.15) is 0 Å².